The maximum atomic E-state index is 11.8. The lowest BCUT2D eigenvalue weighted by Gasteiger charge is -2.14. The van der Waals surface area contributed by atoms with Crippen LogP contribution in [0.1, 0.15) is 5.56 Å². The second kappa shape index (κ2) is 7.13. The predicted octanol–water partition coefficient (Wildman–Crippen LogP) is 3.27. The van der Waals surface area contributed by atoms with E-state index in [9.17, 15) is 13.7 Å². The number of benzene rings is 2. The molecule has 0 bridgehead atoms. The molecular formula is C19H17N3O4S. The minimum absolute atomic E-state index is 0.184. The number of sulfone groups is 1. The van der Waals surface area contributed by atoms with Crippen LogP contribution in [0.2, 0.25) is 0 Å². The van der Waals surface area contributed by atoms with Crippen LogP contribution in [0.5, 0.6) is 11.5 Å². The van der Waals surface area contributed by atoms with Crippen LogP contribution >= 0.6 is 0 Å². The van der Waals surface area contributed by atoms with Crippen molar-refractivity contribution in [2.75, 3.05) is 25.8 Å². The molecule has 0 fully saturated rings. The minimum Gasteiger partial charge on any atom is -0.493 e. The van der Waals surface area contributed by atoms with Gasteiger partial charge in [0.2, 0.25) is 0 Å². The fraction of sp³-hybridized carbons (Fsp3) is 0.158. The first-order chi connectivity index (χ1) is 12.9. The molecule has 2 aromatic carbocycles. The highest BCUT2D eigenvalue weighted by Gasteiger charge is 2.15. The number of ether oxygens (including phenoxy) is 2. The van der Waals surface area contributed by atoms with E-state index >= 15 is 0 Å². The van der Waals surface area contributed by atoms with E-state index < -0.39 is 9.84 Å². The average Bonchev–Trinajstić information content (AvgIpc) is 2.66. The number of anilines is 2. The summed E-state index contributed by atoms with van der Waals surface area (Å²) in [6, 6.07) is 11.9. The van der Waals surface area contributed by atoms with E-state index in [4.69, 9.17) is 9.47 Å². The first-order valence-electron chi connectivity index (χ1n) is 7.89. The molecule has 0 amide bonds. The van der Waals surface area contributed by atoms with Crippen LogP contribution in [-0.2, 0) is 9.84 Å². The molecule has 1 heterocycles. The van der Waals surface area contributed by atoms with Gasteiger partial charge in [0.1, 0.15) is 6.07 Å². The molecule has 27 heavy (non-hydrogen) atoms. The molecule has 0 radical (unpaired) electrons. The molecule has 0 saturated heterocycles. The molecule has 0 atom stereocenters. The van der Waals surface area contributed by atoms with E-state index in [0.29, 0.717) is 39.3 Å². The Morgan fingerprint density at radius 2 is 1.81 bits per heavy atom. The third-order valence-electron chi connectivity index (χ3n) is 4.03. The highest BCUT2D eigenvalue weighted by Crippen LogP contribution is 2.37. The van der Waals surface area contributed by atoms with Gasteiger partial charge >= 0.3 is 0 Å². The number of methoxy groups -OCH3 is 2. The number of rotatable bonds is 5. The van der Waals surface area contributed by atoms with Crippen molar-refractivity contribution in [3.8, 4) is 17.6 Å². The van der Waals surface area contributed by atoms with E-state index in [0.717, 1.165) is 6.26 Å². The quantitative estimate of drug-likeness (QED) is 0.721. The Hall–Kier alpha value is -3.31. The molecular weight excluding hydrogens is 366 g/mol. The van der Waals surface area contributed by atoms with E-state index in [1.165, 1.54) is 32.5 Å². The van der Waals surface area contributed by atoms with E-state index in [1.807, 2.05) is 0 Å². The largest absolute Gasteiger partial charge is 0.493 e. The molecule has 3 rings (SSSR count). The molecule has 7 nitrogen and oxygen atoms in total. The summed E-state index contributed by atoms with van der Waals surface area (Å²) in [4.78, 5) is 4.49. The number of nitrogens with one attached hydrogen (secondary N) is 1. The van der Waals surface area contributed by atoms with Gasteiger partial charge in [-0.1, -0.05) is 6.07 Å². The minimum atomic E-state index is -3.35. The summed E-state index contributed by atoms with van der Waals surface area (Å²) in [5.74, 6) is 1.02. The van der Waals surface area contributed by atoms with Gasteiger partial charge < -0.3 is 14.8 Å². The number of hydrogen-bond donors (Lipinski definition) is 1. The molecule has 0 aliphatic heterocycles. The van der Waals surface area contributed by atoms with Crippen molar-refractivity contribution in [2.45, 2.75) is 4.90 Å². The van der Waals surface area contributed by atoms with E-state index in [2.05, 4.69) is 16.4 Å². The summed E-state index contributed by atoms with van der Waals surface area (Å²) >= 11 is 0. The van der Waals surface area contributed by atoms with Crippen LogP contribution in [0.25, 0.3) is 10.9 Å². The average molecular weight is 383 g/mol. The number of nitriles is 1. The lowest BCUT2D eigenvalue weighted by atomic mass is 10.1. The van der Waals surface area contributed by atoms with Gasteiger partial charge in [0.05, 0.1) is 35.9 Å². The Labute approximate surface area is 157 Å². The van der Waals surface area contributed by atoms with E-state index in [-0.39, 0.29) is 4.90 Å². The summed E-state index contributed by atoms with van der Waals surface area (Å²) in [6.45, 7) is 0. The fourth-order valence-electron chi connectivity index (χ4n) is 2.69. The summed E-state index contributed by atoms with van der Waals surface area (Å²) in [5.41, 5.74) is 1.97. The molecule has 0 aliphatic carbocycles. The monoisotopic (exact) mass is 383 g/mol. The van der Waals surface area contributed by atoms with Crippen molar-refractivity contribution in [1.29, 1.82) is 5.26 Å². The Bertz CT molecular complexity index is 1170. The van der Waals surface area contributed by atoms with Gasteiger partial charge in [-0.25, -0.2) is 8.42 Å². The molecule has 1 N–H and O–H groups in total. The predicted molar refractivity (Wildman–Crippen MR) is 102 cm³/mol. The normalized spacial score (nSPS) is 11.0. The van der Waals surface area contributed by atoms with Crippen molar-refractivity contribution >= 4 is 32.1 Å². The number of fused-ring (bicyclic) bond motifs is 1. The van der Waals surface area contributed by atoms with Gasteiger partial charge in [0, 0.05) is 29.6 Å². The van der Waals surface area contributed by atoms with E-state index in [1.54, 1.807) is 24.3 Å². The van der Waals surface area contributed by atoms with Crippen molar-refractivity contribution in [3.63, 3.8) is 0 Å². The highest BCUT2D eigenvalue weighted by atomic mass is 32.2. The van der Waals surface area contributed by atoms with Crippen molar-refractivity contribution in [3.05, 3.63) is 48.2 Å². The second-order valence-corrected chi connectivity index (χ2v) is 7.82. The third kappa shape index (κ3) is 3.64. The maximum Gasteiger partial charge on any atom is 0.175 e. The highest BCUT2D eigenvalue weighted by molar-refractivity contribution is 7.90. The number of nitrogens with zero attached hydrogens (tertiary/aromatic N) is 2. The Balaban J connectivity index is 2.20. The number of pyridine rings is 1. The van der Waals surface area contributed by atoms with Crippen LogP contribution < -0.4 is 14.8 Å². The molecule has 0 unspecified atom stereocenters. The van der Waals surface area contributed by atoms with Gasteiger partial charge in [-0.2, -0.15) is 5.26 Å². The first-order valence-corrected chi connectivity index (χ1v) is 9.78. The van der Waals surface area contributed by atoms with Crippen molar-refractivity contribution in [1.82, 2.24) is 4.98 Å². The smallest absolute Gasteiger partial charge is 0.175 e. The third-order valence-corrected chi connectivity index (χ3v) is 5.14. The van der Waals surface area contributed by atoms with Gasteiger partial charge in [-0.15, -0.1) is 0 Å². The molecule has 0 spiro atoms. The summed E-state index contributed by atoms with van der Waals surface area (Å²) in [5, 5.41) is 13.3. The lowest BCUT2D eigenvalue weighted by Crippen LogP contribution is -2.01. The lowest BCUT2D eigenvalue weighted by molar-refractivity contribution is 0.356. The van der Waals surface area contributed by atoms with Gasteiger partial charge in [-0.3, -0.25) is 4.98 Å². The van der Waals surface area contributed by atoms with Crippen LogP contribution in [-0.4, -0.2) is 33.9 Å². The fourth-order valence-corrected chi connectivity index (χ4v) is 3.35. The molecule has 1 aromatic heterocycles. The Kier molecular flexibility index (Phi) is 4.88. The van der Waals surface area contributed by atoms with Crippen LogP contribution in [0, 0.1) is 11.3 Å². The summed E-state index contributed by atoms with van der Waals surface area (Å²) in [7, 11) is -0.297. The Morgan fingerprint density at radius 3 is 2.44 bits per heavy atom. The second-order valence-electron chi connectivity index (χ2n) is 5.81. The number of hydrogen-bond acceptors (Lipinski definition) is 7. The topological polar surface area (TPSA) is 101 Å². The summed E-state index contributed by atoms with van der Waals surface area (Å²) in [6.07, 6.45) is 2.60. The van der Waals surface area contributed by atoms with Gasteiger partial charge in [-0.05, 0) is 24.3 Å². The first kappa shape index (κ1) is 18.5. The van der Waals surface area contributed by atoms with Crippen molar-refractivity contribution < 1.29 is 17.9 Å². The number of aromatic nitrogens is 1. The summed E-state index contributed by atoms with van der Waals surface area (Å²) < 4.78 is 34.3. The zero-order valence-electron chi connectivity index (χ0n) is 15.0. The Morgan fingerprint density at radius 1 is 1.11 bits per heavy atom. The molecule has 3 aromatic rings. The standard InChI is InChI=1S/C19H17N3O4S/c1-25-17-8-15-16(9-18(17)26-2)21-11-12(10-20)19(15)22-13-5-4-6-14(7-13)27(3,23)24/h4-9,11H,1-3H3,(H,21,22). The van der Waals surface area contributed by atoms with Crippen molar-refractivity contribution in [2.24, 2.45) is 0 Å². The maximum absolute atomic E-state index is 11.8. The SMILES string of the molecule is COc1cc2ncc(C#N)c(Nc3cccc(S(C)(=O)=O)c3)c2cc1OC. The molecule has 138 valence electrons. The van der Waals surface area contributed by atoms with Crippen LogP contribution in [0.3, 0.4) is 0 Å². The van der Waals surface area contributed by atoms with Gasteiger partial charge in [0.15, 0.2) is 21.3 Å². The van der Waals surface area contributed by atoms with Crippen LogP contribution in [0.15, 0.2) is 47.5 Å². The van der Waals surface area contributed by atoms with Crippen LogP contribution in [0.4, 0.5) is 11.4 Å². The van der Waals surface area contributed by atoms with Gasteiger partial charge in [0.25, 0.3) is 0 Å². The zero-order chi connectivity index (χ0) is 19.6. The zero-order valence-corrected chi connectivity index (χ0v) is 15.8. The molecule has 0 saturated carbocycles. The molecule has 8 heteroatoms. The molecule has 0 aliphatic rings.